The van der Waals surface area contributed by atoms with E-state index in [1.807, 2.05) is 31.2 Å². The maximum atomic E-state index is 11.8. The first-order valence-electron chi connectivity index (χ1n) is 6.81. The van der Waals surface area contributed by atoms with Crippen molar-refractivity contribution in [2.45, 2.75) is 32.7 Å². The highest BCUT2D eigenvalue weighted by Crippen LogP contribution is 2.19. The molecule has 20 heavy (non-hydrogen) atoms. The number of aliphatic hydroxyl groups is 1. The van der Waals surface area contributed by atoms with Gasteiger partial charge in [-0.15, -0.1) is 0 Å². The molecule has 4 heteroatoms. The lowest BCUT2D eigenvalue weighted by molar-refractivity contribution is -0.118. The van der Waals surface area contributed by atoms with Gasteiger partial charge >= 0.3 is 0 Å². The van der Waals surface area contributed by atoms with Gasteiger partial charge in [-0.05, 0) is 32.4 Å². The molecule has 0 radical (unpaired) electrons. The number of amides is 1. The van der Waals surface area contributed by atoms with Crippen molar-refractivity contribution in [1.82, 2.24) is 5.32 Å². The molecule has 0 fully saturated rings. The first-order valence-corrected chi connectivity index (χ1v) is 6.81. The second-order valence-electron chi connectivity index (χ2n) is 5.25. The van der Waals surface area contributed by atoms with Gasteiger partial charge in [-0.25, -0.2) is 0 Å². The zero-order valence-corrected chi connectivity index (χ0v) is 12.3. The molecule has 0 atom stereocenters. The summed E-state index contributed by atoms with van der Waals surface area (Å²) in [6, 6.07) is 7.57. The van der Waals surface area contributed by atoms with Crippen LogP contribution in [0.25, 0.3) is 6.08 Å². The Morgan fingerprint density at radius 1 is 1.40 bits per heavy atom. The first kappa shape index (κ1) is 16.2. The predicted octanol–water partition coefficient (Wildman–Crippen LogP) is 2.38. The maximum absolute atomic E-state index is 11.8. The standard InChI is InChI=1S/C16H23NO3/c1-4-11-20-14-8-6-5-7-13(14)9-10-15(19)17-16(2,3)12-18/h5-10,18H,4,11-12H2,1-3H3,(H,17,19)/b10-9+. The molecule has 4 nitrogen and oxygen atoms in total. The smallest absolute Gasteiger partial charge is 0.244 e. The van der Waals surface area contributed by atoms with Gasteiger partial charge in [-0.2, -0.15) is 0 Å². The average molecular weight is 277 g/mol. The fourth-order valence-corrected chi connectivity index (χ4v) is 1.54. The van der Waals surface area contributed by atoms with Crippen molar-refractivity contribution in [3.8, 4) is 5.75 Å². The third kappa shape index (κ3) is 5.45. The SMILES string of the molecule is CCCOc1ccccc1/C=C/C(=O)NC(C)(C)CO. The minimum Gasteiger partial charge on any atom is -0.493 e. The van der Waals surface area contributed by atoms with Gasteiger partial charge in [0.05, 0.1) is 18.8 Å². The van der Waals surface area contributed by atoms with E-state index in [1.165, 1.54) is 6.08 Å². The summed E-state index contributed by atoms with van der Waals surface area (Å²) in [5, 5.41) is 11.8. The van der Waals surface area contributed by atoms with E-state index in [1.54, 1.807) is 19.9 Å². The van der Waals surface area contributed by atoms with Crippen molar-refractivity contribution < 1.29 is 14.6 Å². The van der Waals surface area contributed by atoms with Crippen LogP contribution in [0.3, 0.4) is 0 Å². The van der Waals surface area contributed by atoms with Crippen LogP contribution in [0.5, 0.6) is 5.75 Å². The molecule has 0 aliphatic rings. The van der Waals surface area contributed by atoms with Crippen LogP contribution in [-0.2, 0) is 4.79 Å². The van der Waals surface area contributed by atoms with Crippen LogP contribution in [0, 0.1) is 0 Å². The zero-order valence-electron chi connectivity index (χ0n) is 12.3. The molecule has 0 aromatic heterocycles. The van der Waals surface area contributed by atoms with E-state index in [2.05, 4.69) is 5.32 Å². The van der Waals surface area contributed by atoms with Crippen LogP contribution in [0.2, 0.25) is 0 Å². The van der Waals surface area contributed by atoms with Gasteiger partial charge in [0.1, 0.15) is 5.75 Å². The van der Waals surface area contributed by atoms with E-state index in [9.17, 15) is 4.79 Å². The molecule has 1 rings (SSSR count). The Labute approximate surface area is 120 Å². The number of hydrogen-bond acceptors (Lipinski definition) is 3. The number of aliphatic hydroxyl groups excluding tert-OH is 1. The van der Waals surface area contributed by atoms with Gasteiger partial charge < -0.3 is 15.2 Å². The molecule has 0 saturated heterocycles. The Kier molecular flexibility index (Phi) is 6.25. The number of rotatable bonds is 7. The van der Waals surface area contributed by atoms with E-state index in [0.717, 1.165) is 17.7 Å². The van der Waals surface area contributed by atoms with E-state index < -0.39 is 5.54 Å². The van der Waals surface area contributed by atoms with Crippen molar-refractivity contribution in [3.63, 3.8) is 0 Å². The summed E-state index contributed by atoms with van der Waals surface area (Å²) in [6.45, 7) is 6.11. The molecule has 0 bridgehead atoms. The van der Waals surface area contributed by atoms with Gasteiger partial charge in [0.15, 0.2) is 0 Å². The highest BCUT2D eigenvalue weighted by molar-refractivity contribution is 5.92. The van der Waals surface area contributed by atoms with Crippen LogP contribution in [0.4, 0.5) is 0 Å². The monoisotopic (exact) mass is 277 g/mol. The normalized spacial score (nSPS) is 11.6. The molecule has 110 valence electrons. The number of benzene rings is 1. The molecular weight excluding hydrogens is 254 g/mol. The molecule has 0 heterocycles. The van der Waals surface area contributed by atoms with E-state index in [4.69, 9.17) is 9.84 Å². The molecule has 0 saturated carbocycles. The molecule has 2 N–H and O–H groups in total. The van der Waals surface area contributed by atoms with Gasteiger partial charge in [0.2, 0.25) is 5.91 Å². The number of carbonyl (C=O) groups is 1. The van der Waals surface area contributed by atoms with Gasteiger partial charge in [0.25, 0.3) is 0 Å². The number of carbonyl (C=O) groups excluding carboxylic acids is 1. The quantitative estimate of drug-likeness (QED) is 0.752. The minimum atomic E-state index is -0.625. The lowest BCUT2D eigenvalue weighted by atomic mass is 10.1. The summed E-state index contributed by atoms with van der Waals surface area (Å²) in [4.78, 5) is 11.8. The van der Waals surface area contributed by atoms with Gasteiger partial charge in [-0.3, -0.25) is 4.79 Å². The van der Waals surface area contributed by atoms with Crippen molar-refractivity contribution in [2.75, 3.05) is 13.2 Å². The van der Waals surface area contributed by atoms with Crippen molar-refractivity contribution >= 4 is 12.0 Å². The van der Waals surface area contributed by atoms with Crippen LogP contribution in [0.1, 0.15) is 32.8 Å². The molecule has 1 amide bonds. The largest absolute Gasteiger partial charge is 0.493 e. The highest BCUT2D eigenvalue weighted by Gasteiger charge is 2.17. The van der Waals surface area contributed by atoms with Crippen molar-refractivity contribution in [2.24, 2.45) is 0 Å². The Morgan fingerprint density at radius 2 is 2.10 bits per heavy atom. The summed E-state index contributed by atoms with van der Waals surface area (Å²) in [5.74, 6) is 0.522. The summed E-state index contributed by atoms with van der Waals surface area (Å²) in [6.07, 6.45) is 4.10. The average Bonchev–Trinajstić information content (AvgIpc) is 2.43. The summed E-state index contributed by atoms with van der Waals surface area (Å²) >= 11 is 0. The van der Waals surface area contributed by atoms with Crippen LogP contribution < -0.4 is 10.1 Å². The second-order valence-corrected chi connectivity index (χ2v) is 5.25. The molecule has 0 unspecified atom stereocenters. The number of nitrogens with one attached hydrogen (secondary N) is 1. The fourth-order valence-electron chi connectivity index (χ4n) is 1.54. The molecule has 0 spiro atoms. The Morgan fingerprint density at radius 3 is 2.75 bits per heavy atom. The summed E-state index contributed by atoms with van der Waals surface area (Å²) < 4.78 is 5.62. The van der Waals surface area contributed by atoms with Crippen LogP contribution >= 0.6 is 0 Å². The van der Waals surface area contributed by atoms with Gasteiger partial charge in [0, 0.05) is 11.6 Å². The Bertz CT molecular complexity index is 467. The van der Waals surface area contributed by atoms with E-state index >= 15 is 0 Å². The zero-order chi connectivity index (χ0) is 15.0. The van der Waals surface area contributed by atoms with Crippen LogP contribution in [0.15, 0.2) is 30.3 Å². The number of hydrogen-bond donors (Lipinski definition) is 2. The van der Waals surface area contributed by atoms with Crippen LogP contribution in [-0.4, -0.2) is 29.8 Å². The summed E-state index contributed by atoms with van der Waals surface area (Å²) in [7, 11) is 0. The second kappa shape index (κ2) is 7.70. The third-order valence-electron chi connectivity index (χ3n) is 2.65. The predicted molar refractivity (Wildman–Crippen MR) is 80.6 cm³/mol. The van der Waals surface area contributed by atoms with Crippen molar-refractivity contribution in [3.05, 3.63) is 35.9 Å². The number of ether oxygens (including phenoxy) is 1. The Balaban J connectivity index is 2.72. The van der Waals surface area contributed by atoms with Crippen molar-refractivity contribution in [1.29, 1.82) is 0 Å². The molecule has 0 aliphatic carbocycles. The molecule has 0 aliphatic heterocycles. The van der Waals surface area contributed by atoms with Gasteiger partial charge in [-0.1, -0.05) is 25.1 Å². The fraction of sp³-hybridized carbons (Fsp3) is 0.438. The van der Waals surface area contributed by atoms with E-state index in [0.29, 0.717) is 6.61 Å². The lowest BCUT2D eigenvalue weighted by Gasteiger charge is -2.22. The first-order chi connectivity index (χ1) is 9.48. The van der Waals surface area contributed by atoms with E-state index in [-0.39, 0.29) is 12.5 Å². The number of para-hydroxylation sites is 1. The Hall–Kier alpha value is -1.81. The lowest BCUT2D eigenvalue weighted by Crippen LogP contribution is -2.45. The highest BCUT2D eigenvalue weighted by atomic mass is 16.5. The molecule has 1 aromatic carbocycles. The third-order valence-corrected chi connectivity index (χ3v) is 2.65. The molecule has 1 aromatic rings. The topological polar surface area (TPSA) is 58.6 Å². The maximum Gasteiger partial charge on any atom is 0.244 e. The summed E-state index contributed by atoms with van der Waals surface area (Å²) in [5.41, 5.74) is 0.234. The minimum absolute atomic E-state index is 0.108. The molecular formula is C16H23NO3.